The van der Waals surface area contributed by atoms with Crippen molar-refractivity contribution in [3.05, 3.63) is 60.2 Å². The van der Waals surface area contributed by atoms with Crippen LogP contribution in [0.2, 0.25) is 0 Å². The van der Waals surface area contributed by atoms with Gasteiger partial charge in [0.15, 0.2) is 0 Å². The predicted molar refractivity (Wildman–Crippen MR) is 106 cm³/mol. The van der Waals surface area contributed by atoms with E-state index in [-0.39, 0.29) is 10.8 Å². The Hall–Kier alpha value is -2.38. The standard InChI is InChI=1S/C20H25N3O3S/c24-20(22-13-11-16-6-5-12-21-15-16)17-7-4-8-18(14-17)23-27(25,26)19-9-2-1-3-10-19/h1-4,7-10,14,16,21,23H,5-6,11-13,15H2,(H,22,24). The van der Waals surface area contributed by atoms with Crippen LogP contribution in [0.1, 0.15) is 29.6 Å². The number of hydrogen-bond acceptors (Lipinski definition) is 4. The molecule has 2 aromatic carbocycles. The van der Waals surface area contributed by atoms with Crippen LogP contribution in [0.3, 0.4) is 0 Å². The topological polar surface area (TPSA) is 87.3 Å². The summed E-state index contributed by atoms with van der Waals surface area (Å²) in [7, 11) is -3.68. The highest BCUT2D eigenvalue weighted by Crippen LogP contribution is 2.17. The molecule has 3 N–H and O–H groups in total. The number of rotatable bonds is 7. The molecule has 0 saturated carbocycles. The molecule has 3 rings (SSSR count). The highest BCUT2D eigenvalue weighted by atomic mass is 32.2. The van der Waals surface area contributed by atoms with Crippen molar-refractivity contribution < 1.29 is 13.2 Å². The van der Waals surface area contributed by atoms with Crippen LogP contribution < -0.4 is 15.4 Å². The summed E-state index contributed by atoms with van der Waals surface area (Å²) in [5.74, 6) is 0.405. The van der Waals surface area contributed by atoms with E-state index in [0.717, 1.165) is 19.5 Å². The molecule has 1 aliphatic heterocycles. The molecule has 1 fully saturated rings. The monoisotopic (exact) mass is 387 g/mol. The van der Waals surface area contributed by atoms with E-state index in [2.05, 4.69) is 15.4 Å². The Morgan fingerprint density at radius 1 is 1.11 bits per heavy atom. The maximum Gasteiger partial charge on any atom is 0.261 e. The first-order chi connectivity index (χ1) is 13.0. The molecule has 7 heteroatoms. The molecule has 1 saturated heterocycles. The van der Waals surface area contributed by atoms with Crippen LogP contribution in [0.15, 0.2) is 59.5 Å². The van der Waals surface area contributed by atoms with E-state index in [0.29, 0.717) is 23.7 Å². The second kappa shape index (κ2) is 9.01. The van der Waals surface area contributed by atoms with Crippen molar-refractivity contribution in [2.45, 2.75) is 24.2 Å². The lowest BCUT2D eigenvalue weighted by Gasteiger charge is -2.22. The first-order valence-electron chi connectivity index (χ1n) is 9.21. The third kappa shape index (κ3) is 5.55. The summed E-state index contributed by atoms with van der Waals surface area (Å²) in [6.07, 6.45) is 3.32. The fourth-order valence-corrected chi connectivity index (χ4v) is 4.27. The fraction of sp³-hybridized carbons (Fsp3) is 0.350. The van der Waals surface area contributed by atoms with Gasteiger partial charge < -0.3 is 10.6 Å². The van der Waals surface area contributed by atoms with Crippen molar-refractivity contribution in [2.75, 3.05) is 24.4 Å². The highest BCUT2D eigenvalue weighted by molar-refractivity contribution is 7.92. The Bertz CT molecular complexity index is 863. The van der Waals surface area contributed by atoms with Gasteiger partial charge in [0.1, 0.15) is 0 Å². The smallest absolute Gasteiger partial charge is 0.261 e. The molecule has 1 unspecified atom stereocenters. The third-order valence-corrected chi connectivity index (χ3v) is 6.06. The van der Waals surface area contributed by atoms with Crippen LogP contribution >= 0.6 is 0 Å². The van der Waals surface area contributed by atoms with Crippen molar-refractivity contribution in [1.29, 1.82) is 0 Å². The average Bonchev–Trinajstić information content (AvgIpc) is 2.69. The summed E-state index contributed by atoms with van der Waals surface area (Å²) in [6, 6.07) is 14.7. The minimum Gasteiger partial charge on any atom is -0.352 e. The number of hydrogen-bond donors (Lipinski definition) is 3. The van der Waals surface area contributed by atoms with Gasteiger partial charge in [0.2, 0.25) is 0 Å². The van der Waals surface area contributed by atoms with Gasteiger partial charge in [-0.1, -0.05) is 24.3 Å². The molecule has 0 bridgehead atoms. The molecule has 1 atom stereocenters. The Morgan fingerprint density at radius 3 is 2.67 bits per heavy atom. The van der Waals surface area contributed by atoms with Crippen molar-refractivity contribution in [3.63, 3.8) is 0 Å². The van der Waals surface area contributed by atoms with Crippen LogP contribution in [-0.4, -0.2) is 34.0 Å². The third-order valence-electron chi connectivity index (χ3n) is 4.67. The summed E-state index contributed by atoms with van der Waals surface area (Å²) in [6.45, 7) is 2.70. The summed E-state index contributed by atoms with van der Waals surface area (Å²) in [5, 5.41) is 6.29. The number of benzene rings is 2. The summed E-state index contributed by atoms with van der Waals surface area (Å²) < 4.78 is 27.3. The van der Waals surface area contributed by atoms with Crippen LogP contribution in [0.4, 0.5) is 5.69 Å². The number of carbonyl (C=O) groups excluding carboxylic acids is 1. The molecule has 0 radical (unpaired) electrons. The fourth-order valence-electron chi connectivity index (χ4n) is 3.20. The predicted octanol–water partition coefficient (Wildman–Crippen LogP) is 2.61. The molecule has 144 valence electrons. The molecule has 0 aliphatic carbocycles. The molecule has 1 amide bonds. The average molecular weight is 388 g/mol. The van der Waals surface area contributed by atoms with Gasteiger partial charge in [0.05, 0.1) is 4.90 Å². The Balaban J connectivity index is 1.58. The maximum atomic E-state index is 12.4. The van der Waals surface area contributed by atoms with Crippen LogP contribution in [0.25, 0.3) is 0 Å². The second-order valence-electron chi connectivity index (χ2n) is 6.76. The van der Waals surface area contributed by atoms with Gasteiger partial charge in [-0.25, -0.2) is 8.42 Å². The Labute approximate surface area is 160 Å². The Kier molecular flexibility index (Phi) is 6.47. The van der Waals surface area contributed by atoms with E-state index in [1.165, 1.54) is 25.0 Å². The van der Waals surface area contributed by atoms with Gasteiger partial charge in [-0.3, -0.25) is 9.52 Å². The quantitative estimate of drug-likeness (QED) is 0.682. The van der Waals surface area contributed by atoms with E-state index in [9.17, 15) is 13.2 Å². The lowest BCUT2D eigenvalue weighted by molar-refractivity contribution is 0.0950. The van der Waals surface area contributed by atoms with Gasteiger partial charge in [-0.05, 0) is 68.6 Å². The second-order valence-corrected chi connectivity index (χ2v) is 8.44. The molecule has 6 nitrogen and oxygen atoms in total. The van der Waals surface area contributed by atoms with E-state index in [1.54, 1.807) is 42.5 Å². The van der Waals surface area contributed by atoms with E-state index in [4.69, 9.17) is 0 Å². The molecule has 0 aromatic heterocycles. The lowest BCUT2D eigenvalue weighted by atomic mass is 9.96. The summed E-state index contributed by atoms with van der Waals surface area (Å²) in [4.78, 5) is 12.6. The van der Waals surface area contributed by atoms with Crippen LogP contribution in [-0.2, 0) is 10.0 Å². The van der Waals surface area contributed by atoms with Crippen LogP contribution in [0, 0.1) is 5.92 Å². The zero-order valence-corrected chi connectivity index (χ0v) is 16.0. The van der Waals surface area contributed by atoms with Gasteiger partial charge in [0.25, 0.3) is 15.9 Å². The minimum atomic E-state index is -3.68. The number of sulfonamides is 1. The molecule has 0 spiro atoms. The molecule has 1 aliphatic rings. The van der Waals surface area contributed by atoms with Gasteiger partial charge in [-0.2, -0.15) is 0 Å². The summed E-state index contributed by atoms with van der Waals surface area (Å²) in [5.41, 5.74) is 0.799. The molecular weight excluding hydrogens is 362 g/mol. The van der Waals surface area contributed by atoms with E-state index < -0.39 is 10.0 Å². The number of nitrogens with one attached hydrogen (secondary N) is 3. The lowest BCUT2D eigenvalue weighted by Crippen LogP contribution is -2.33. The number of anilines is 1. The molecule has 27 heavy (non-hydrogen) atoms. The highest BCUT2D eigenvalue weighted by Gasteiger charge is 2.15. The van der Waals surface area contributed by atoms with E-state index in [1.807, 2.05) is 0 Å². The van der Waals surface area contributed by atoms with E-state index >= 15 is 0 Å². The van der Waals surface area contributed by atoms with Gasteiger partial charge in [0, 0.05) is 17.8 Å². The van der Waals surface area contributed by atoms with Gasteiger partial charge >= 0.3 is 0 Å². The Morgan fingerprint density at radius 2 is 1.93 bits per heavy atom. The molecule has 1 heterocycles. The minimum absolute atomic E-state index is 0.181. The first kappa shape index (κ1) is 19.4. The van der Waals surface area contributed by atoms with Gasteiger partial charge in [-0.15, -0.1) is 0 Å². The van der Waals surface area contributed by atoms with Crippen LogP contribution in [0.5, 0.6) is 0 Å². The molecule has 2 aromatic rings. The van der Waals surface area contributed by atoms with Crippen molar-refractivity contribution in [1.82, 2.24) is 10.6 Å². The largest absolute Gasteiger partial charge is 0.352 e. The van der Waals surface area contributed by atoms with Crippen molar-refractivity contribution in [3.8, 4) is 0 Å². The summed E-state index contributed by atoms with van der Waals surface area (Å²) >= 11 is 0. The SMILES string of the molecule is O=C(NCCC1CCCNC1)c1cccc(NS(=O)(=O)c2ccccc2)c1. The first-order valence-corrected chi connectivity index (χ1v) is 10.7. The number of amides is 1. The van der Waals surface area contributed by atoms with Crippen molar-refractivity contribution >= 4 is 21.6 Å². The number of carbonyl (C=O) groups is 1. The van der Waals surface area contributed by atoms with Crippen molar-refractivity contribution in [2.24, 2.45) is 5.92 Å². The normalized spacial score (nSPS) is 17.3. The number of piperidine rings is 1. The molecular formula is C20H25N3O3S. The maximum absolute atomic E-state index is 12.4. The zero-order chi connectivity index (χ0) is 19.1. The zero-order valence-electron chi connectivity index (χ0n) is 15.1.